The fraction of sp³-hybridized carbons (Fsp3) is 0.938. The van der Waals surface area contributed by atoms with E-state index in [9.17, 15) is 0 Å². The molecule has 3 aliphatic rings. The maximum absolute atomic E-state index is 6.36. The molecule has 1 saturated heterocycles. The highest BCUT2D eigenvalue weighted by molar-refractivity contribution is 5.78. The summed E-state index contributed by atoms with van der Waals surface area (Å²) in [5, 5.41) is 0. The fourth-order valence-corrected chi connectivity index (χ4v) is 4.38. The second-order valence-corrected chi connectivity index (χ2v) is 6.73. The number of likely N-dealkylation sites (tertiary alicyclic amines) is 1. The molecule has 2 unspecified atom stereocenters. The highest BCUT2D eigenvalue weighted by Gasteiger charge is 2.34. The van der Waals surface area contributed by atoms with E-state index < -0.39 is 0 Å². The first kappa shape index (κ1) is 13.3. The van der Waals surface area contributed by atoms with Crippen LogP contribution >= 0.6 is 0 Å². The second-order valence-electron chi connectivity index (χ2n) is 6.73. The van der Waals surface area contributed by atoms with Crippen molar-refractivity contribution in [3.05, 3.63) is 0 Å². The van der Waals surface area contributed by atoms with Gasteiger partial charge in [-0.1, -0.05) is 32.1 Å². The molecule has 2 N–H and O–H groups in total. The third kappa shape index (κ3) is 3.06. The summed E-state index contributed by atoms with van der Waals surface area (Å²) < 4.78 is 0. The summed E-state index contributed by atoms with van der Waals surface area (Å²) in [5.41, 5.74) is 6.36. The molecular weight excluding hydrogens is 234 g/mol. The van der Waals surface area contributed by atoms with Crippen molar-refractivity contribution in [1.29, 1.82) is 0 Å². The Balaban J connectivity index is 1.66. The summed E-state index contributed by atoms with van der Waals surface area (Å²) in [5.74, 6) is 1.76. The molecule has 0 aromatic rings. The van der Waals surface area contributed by atoms with Gasteiger partial charge in [-0.2, -0.15) is 0 Å². The van der Waals surface area contributed by atoms with Gasteiger partial charge in [0.05, 0.1) is 6.04 Å². The van der Waals surface area contributed by atoms with Gasteiger partial charge in [-0.3, -0.25) is 0 Å². The first-order chi connectivity index (χ1) is 9.34. The molecular formula is C16H29N3. The smallest absolute Gasteiger partial charge is 0.191 e. The van der Waals surface area contributed by atoms with E-state index in [0.29, 0.717) is 12.1 Å². The molecule has 3 rings (SSSR count). The number of fused-ring (bicyclic) bond motifs is 1. The van der Waals surface area contributed by atoms with Crippen molar-refractivity contribution >= 4 is 5.96 Å². The van der Waals surface area contributed by atoms with E-state index in [-0.39, 0.29) is 0 Å². The van der Waals surface area contributed by atoms with Crippen LogP contribution in [-0.2, 0) is 0 Å². The van der Waals surface area contributed by atoms with Crippen molar-refractivity contribution in [2.24, 2.45) is 16.6 Å². The molecule has 0 aromatic heterocycles. The van der Waals surface area contributed by atoms with Crippen LogP contribution in [0.4, 0.5) is 0 Å². The maximum atomic E-state index is 6.36. The molecule has 19 heavy (non-hydrogen) atoms. The Morgan fingerprint density at radius 3 is 2.37 bits per heavy atom. The lowest BCUT2D eigenvalue weighted by molar-refractivity contribution is 0.117. The first-order valence-electron chi connectivity index (χ1n) is 8.44. The highest BCUT2D eigenvalue weighted by Crippen LogP contribution is 2.35. The van der Waals surface area contributed by atoms with Crippen molar-refractivity contribution in [2.75, 3.05) is 6.54 Å². The van der Waals surface area contributed by atoms with Crippen LogP contribution in [0.3, 0.4) is 0 Å². The number of guanidine groups is 1. The summed E-state index contributed by atoms with van der Waals surface area (Å²) in [6.45, 7) is 1.14. The Bertz CT molecular complexity index is 318. The maximum Gasteiger partial charge on any atom is 0.191 e. The van der Waals surface area contributed by atoms with Crippen molar-refractivity contribution in [2.45, 2.75) is 82.7 Å². The number of hydrogen-bond donors (Lipinski definition) is 1. The van der Waals surface area contributed by atoms with Crippen molar-refractivity contribution in [3.63, 3.8) is 0 Å². The van der Waals surface area contributed by atoms with E-state index in [4.69, 9.17) is 10.7 Å². The summed E-state index contributed by atoms with van der Waals surface area (Å²) in [6, 6.07) is 1.22. The molecule has 2 atom stereocenters. The first-order valence-corrected chi connectivity index (χ1v) is 8.44. The number of piperidine rings is 1. The monoisotopic (exact) mass is 263 g/mol. The number of nitrogens with zero attached hydrogens (tertiary/aromatic N) is 2. The highest BCUT2D eigenvalue weighted by atomic mass is 15.3. The largest absolute Gasteiger partial charge is 0.370 e. The third-order valence-corrected chi connectivity index (χ3v) is 5.43. The van der Waals surface area contributed by atoms with Gasteiger partial charge in [0.15, 0.2) is 5.96 Å². The van der Waals surface area contributed by atoms with Crippen molar-refractivity contribution < 1.29 is 0 Å². The summed E-state index contributed by atoms with van der Waals surface area (Å²) >= 11 is 0. The SMILES string of the molecule is NC(=NC1CCCCC1)N1CCCC2CCCCC21. The Labute approximate surface area is 117 Å². The lowest BCUT2D eigenvalue weighted by Gasteiger charge is -2.45. The van der Waals surface area contributed by atoms with Gasteiger partial charge in [-0.25, -0.2) is 4.99 Å². The number of aliphatic imine (C=N–C) groups is 1. The average Bonchev–Trinajstić information content (AvgIpc) is 2.47. The van der Waals surface area contributed by atoms with Gasteiger partial charge in [0, 0.05) is 12.6 Å². The lowest BCUT2D eigenvalue weighted by atomic mass is 9.78. The molecule has 108 valence electrons. The van der Waals surface area contributed by atoms with Crippen LogP contribution in [0.1, 0.15) is 70.6 Å². The van der Waals surface area contributed by atoms with Crippen LogP contribution in [0.5, 0.6) is 0 Å². The van der Waals surface area contributed by atoms with Gasteiger partial charge in [-0.05, 0) is 44.4 Å². The molecule has 1 aliphatic heterocycles. The topological polar surface area (TPSA) is 41.6 Å². The molecule has 2 aliphatic carbocycles. The number of nitrogens with two attached hydrogens (primary N) is 1. The van der Waals surface area contributed by atoms with E-state index >= 15 is 0 Å². The van der Waals surface area contributed by atoms with Gasteiger partial charge in [0.2, 0.25) is 0 Å². The predicted octanol–water partition coefficient (Wildman–Crippen LogP) is 3.29. The van der Waals surface area contributed by atoms with Crippen LogP contribution in [0, 0.1) is 5.92 Å². The van der Waals surface area contributed by atoms with Crippen LogP contribution in [0.25, 0.3) is 0 Å². The lowest BCUT2D eigenvalue weighted by Crippen LogP contribution is -2.52. The van der Waals surface area contributed by atoms with E-state index in [1.54, 1.807) is 0 Å². The zero-order valence-electron chi connectivity index (χ0n) is 12.2. The van der Waals surface area contributed by atoms with Gasteiger partial charge in [-0.15, -0.1) is 0 Å². The Morgan fingerprint density at radius 2 is 1.53 bits per heavy atom. The van der Waals surface area contributed by atoms with Crippen molar-refractivity contribution in [3.8, 4) is 0 Å². The van der Waals surface area contributed by atoms with E-state index in [1.807, 2.05) is 0 Å². The van der Waals surface area contributed by atoms with Crippen molar-refractivity contribution in [1.82, 2.24) is 4.90 Å². The molecule has 0 amide bonds. The molecule has 2 saturated carbocycles. The van der Waals surface area contributed by atoms with Crippen LogP contribution < -0.4 is 5.73 Å². The van der Waals surface area contributed by atoms with E-state index in [2.05, 4.69) is 4.90 Å². The zero-order chi connectivity index (χ0) is 13.1. The minimum atomic E-state index is 0.512. The summed E-state index contributed by atoms with van der Waals surface area (Å²) in [6.07, 6.45) is 14.9. The Kier molecular flexibility index (Phi) is 4.29. The predicted molar refractivity (Wildman–Crippen MR) is 80.2 cm³/mol. The Hall–Kier alpha value is -0.730. The molecule has 0 radical (unpaired) electrons. The number of rotatable bonds is 1. The van der Waals surface area contributed by atoms with Crippen LogP contribution in [0.15, 0.2) is 4.99 Å². The minimum absolute atomic E-state index is 0.512. The van der Waals surface area contributed by atoms with Gasteiger partial charge < -0.3 is 10.6 Å². The molecule has 1 heterocycles. The fourth-order valence-electron chi connectivity index (χ4n) is 4.38. The minimum Gasteiger partial charge on any atom is -0.370 e. The zero-order valence-corrected chi connectivity index (χ0v) is 12.2. The molecule has 0 bridgehead atoms. The van der Waals surface area contributed by atoms with E-state index in [1.165, 1.54) is 70.6 Å². The molecule has 0 aromatic carbocycles. The molecule has 3 heteroatoms. The number of hydrogen-bond acceptors (Lipinski definition) is 1. The normalized spacial score (nSPS) is 34.1. The van der Waals surface area contributed by atoms with Gasteiger partial charge in [0.25, 0.3) is 0 Å². The molecule has 3 nitrogen and oxygen atoms in total. The quantitative estimate of drug-likeness (QED) is 0.582. The van der Waals surface area contributed by atoms with Gasteiger partial charge >= 0.3 is 0 Å². The summed E-state index contributed by atoms with van der Waals surface area (Å²) in [7, 11) is 0. The van der Waals surface area contributed by atoms with Gasteiger partial charge in [0.1, 0.15) is 0 Å². The molecule has 0 spiro atoms. The standard InChI is InChI=1S/C16H29N3/c17-16(18-14-9-2-1-3-10-14)19-12-6-8-13-7-4-5-11-15(13)19/h13-15H,1-12H2,(H2,17,18). The third-order valence-electron chi connectivity index (χ3n) is 5.43. The van der Waals surface area contributed by atoms with Crippen LogP contribution in [-0.4, -0.2) is 29.5 Å². The average molecular weight is 263 g/mol. The molecule has 3 fully saturated rings. The summed E-state index contributed by atoms with van der Waals surface area (Å²) in [4.78, 5) is 7.33. The van der Waals surface area contributed by atoms with E-state index in [0.717, 1.165) is 18.4 Å². The Morgan fingerprint density at radius 1 is 0.842 bits per heavy atom. The van der Waals surface area contributed by atoms with Crippen LogP contribution in [0.2, 0.25) is 0 Å². The second kappa shape index (κ2) is 6.15.